The van der Waals surface area contributed by atoms with E-state index in [0.717, 1.165) is 12.1 Å². The van der Waals surface area contributed by atoms with Crippen LogP contribution in [0.4, 0.5) is 4.39 Å². The first-order chi connectivity index (χ1) is 8.70. The first-order valence-corrected chi connectivity index (χ1v) is 5.87. The Kier molecular flexibility index (Phi) is 2.59. The van der Waals surface area contributed by atoms with Crippen LogP contribution in [0.3, 0.4) is 0 Å². The molecule has 0 radical (unpaired) electrons. The lowest BCUT2D eigenvalue weighted by Gasteiger charge is -2.14. The van der Waals surface area contributed by atoms with Gasteiger partial charge in [0.25, 0.3) is 0 Å². The minimum Gasteiger partial charge on any atom is -0.344 e. The summed E-state index contributed by atoms with van der Waals surface area (Å²) in [5.41, 5.74) is 2.04. The van der Waals surface area contributed by atoms with E-state index in [1.54, 1.807) is 10.9 Å². The number of fused-ring (bicyclic) bond motifs is 1. The van der Waals surface area contributed by atoms with Crippen LogP contribution in [-0.4, -0.2) is 25.6 Å². The predicted molar refractivity (Wildman–Crippen MR) is 63.5 cm³/mol. The summed E-state index contributed by atoms with van der Waals surface area (Å²) >= 11 is 0. The molecule has 2 unspecified atom stereocenters. The second-order valence-electron chi connectivity index (χ2n) is 4.27. The van der Waals surface area contributed by atoms with Crippen molar-refractivity contribution in [2.75, 3.05) is 0 Å². The van der Waals surface area contributed by atoms with Gasteiger partial charge >= 0.3 is 0 Å². The van der Waals surface area contributed by atoms with Gasteiger partial charge in [-0.1, -0.05) is 6.92 Å². The minimum atomic E-state index is -0.755. The third-order valence-electron chi connectivity index (χ3n) is 3.08. The smallest absolute Gasteiger partial charge is 0.189 e. The van der Waals surface area contributed by atoms with Crippen LogP contribution in [0.2, 0.25) is 0 Å². The summed E-state index contributed by atoms with van der Waals surface area (Å²) in [6.45, 7) is 3.80. The van der Waals surface area contributed by atoms with Crippen molar-refractivity contribution < 1.29 is 9.13 Å². The molecule has 1 aliphatic rings. The van der Waals surface area contributed by atoms with Gasteiger partial charge in [0.05, 0.1) is 18.1 Å². The average Bonchev–Trinajstić information content (AvgIpc) is 2.93. The number of imidazole rings is 1. The largest absolute Gasteiger partial charge is 0.344 e. The van der Waals surface area contributed by atoms with Gasteiger partial charge in [0, 0.05) is 0 Å². The summed E-state index contributed by atoms with van der Waals surface area (Å²) in [6.07, 6.45) is 4.30. The van der Waals surface area contributed by atoms with Gasteiger partial charge in [-0.3, -0.25) is 4.57 Å². The normalized spacial score (nSPS) is 23.6. The maximum Gasteiger partial charge on any atom is 0.189 e. The fourth-order valence-corrected chi connectivity index (χ4v) is 2.08. The number of rotatable bonds is 2. The molecule has 0 saturated heterocycles. The molecule has 2 aromatic heterocycles. The summed E-state index contributed by atoms with van der Waals surface area (Å²) in [5, 5.41) is 0. The first-order valence-electron chi connectivity index (χ1n) is 5.87. The molecule has 0 aromatic carbocycles. The Bertz CT molecular complexity index is 622. The molecular formula is C12H13FN4O. The highest BCUT2D eigenvalue weighted by Crippen LogP contribution is 2.32. The third kappa shape index (κ3) is 1.60. The topological polar surface area (TPSA) is 52.8 Å². The number of halogens is 1. The van der Waals surface area contributed by atoms with Crippen LogP contribution in [0.25, 0.3) is 11.2 Å². The van der Waals surface area contributed by atoms with E-state index in [2.05, 4.69) is 15.0 Å². The van der Waals surface area contributed by atoms with E-state index in [0.29, 0.717) is 11.2 Å². The van der Waals surface area contributed by atoms with Gasteiger partial charge < -0.3 is 4.74 Å². The molecule has 18 heavy (non-hydrogen) atoms. The number of nitrogens with zero attached hydrogens (tertiary/aromatic N) is 4. The molecule has 0 spiro atoms. The van der Waals surface area contributed by atoms with Crippen LogP contribution in [-0.2, 0) is 4.74 Å². The third-order valence-corrected chi connectivity index (χ3v) is 3.08. The highest BCUT2D eigenvalue weighted by molar-refractivity contribution is 5.72. The molecule has 94 valence electrons. The summed E-state index contributed by atoms with van der Waals surface area (Å²) < 4.78 is 21.1. The Balaban J connectivity index is 2.06. The van der Waals surface area contributed by atoms with Crippen LogP contribution in [0.5, 0.6) is 0 Å². The molecule has 2 aromatic rings. The van der Waals surface area contributed by atoms with Crippen molar-refractivity contribution >= 4 is 11.2 Å². The van der Waals surface area contributed by atoms with Crippen molar-refractivity contribution in [1.82, 2.24) is 19.5 Å². The van der Waals surface area contributed by atoms with Crippen molar-refractivity contribution in [3.8, 4) is 0 Å². The van der Waals surface area contributed by atoms with Gasteiger partial charge in [0.2, 0.25) is 0 Å². The molecule has 5 nitrogen and oxygen atoms in total. The highest BCUT2D eigenvalue weighted by Gasteiger charge is 2.29. The highest BCUT2D eigenvalue weighted by atomic mass is 19.1. The van der Waals surface area contributed by atoms with Gasteiger partial charge in [-0.05, 0) is 19.4 Å². The molecule has 6 heteroatoms. The van der Waals surface area contributed by atoms with Gasteiger partial charge in [-0.25, -0.2) is 19.3 Å². The van der Waals surface area contributed by atoms with E-state index in [1.165, 1.54) is 12.4 Å². The average molecular weight is 248 g/mol. The molecular weight excluding hydrogens is 235 g/mol. The monoisotopic (exact) mass is 248 g/mol. The second-order valence-corrected chi connectivity index (χ2v) is 4.27. The van der Waals surface area contributed by atoms with Gasteiger partial charge in [0.1, 0.15) is 17.7 Å². The number of hydrogen-bond acceptors (Lipinski definition) is 4. The quantitative estimate of drug-likeness (QED) is 0.818. The molecule has 0 aliphatic carbocycles. The van der Waals surface area contributed by atoms with Crippen molar-refractivity contribution in [1.29, 1.82) is 0 Å². The molecule has 1 aliphatic heterocycles. The Morgan fingerprint density at radius 1 is 1.39 bits per heavy atom. The van der Waals surface area contributed by atoms with Crippen molar-refractivity contribution in [2.24, 2.45) is 0 Å². The maximum absolute atomic E-state index is 13.9. The molecule has 3 rings (SSSR count). The number of aryl methyl sites for hydroxylation is 1. The lowest BCUT2D eigenvalue weighted by Crippen LogP contribution is -2.12. The van der Waals surface area contributed by atoms with E-state index in [9.17, 15) is 4.39 Å². The number of ether oxygens (including phenoxy) is 1. The Morgan fingerprint density at radius 2 is 2.22 bits per heavy atom. The van der Waals surface area contributed by atoms with Crippen LogP contribution < -0.4 is 0 Å². The van der Waals surface area contributed by atoms with Crippen molar-refractivity contribution in [3.05, 3.63) is 30.3 Å². The summed E-state index contributed by atoms with van der Waals surface area (Å²) in [6, 6.07) is 0. The first kappa shape index (κ1) is 11.3. The molecule has 3 heterocycles. The van der Waals surface area contributed by atoms with Crippen molar-refractivity contribution in [3.63, 3.8) is 0 Å². The molecule has 0 fully saturated rings. The van der Waals surface area contributed by atoms with Crippen molar-refractivity contribution in [2.45, 2.75) is 32.6 Å². The van der Waals surface area contributed by atoms with Crippen LogP contribution in [0, 0.1) is 6.92 Å². The van der Waals surface area contributed by atoms with E-state index >= 15 is 0 Å². The van der Waals surface area contributed by atoms with Gasteiger partial charge in [-0.15, -0.1) is 0 Å². The minimum absolute atomic E-state index is 0.185. The fraction of sp³-hybridized carbons (Fsp3) is 0.417. The van der Waals surface area contributed by atoms with Crippen LogP contribution in [0.1, 0.15) is 25.3 Å². The molecule has 2 atom stereocenters. The zero-order valence-corrected chi connectivity index (χ0v) is 10.2. The molecule has 0 N–H and O–H groups in total. The predicted octanol–water partition coefficient (Wildman–Crippen LogP) is 2.30. The lowest BCUT2D eigenvalue weighted by molar-refractivity contribution is 0.00484. The van der Waals surface area contributed by atoms with E-state index in [-0.39, 0.29) is 11.9 Å². The SMILES string of the molecule is CCC1C=C(F)C(n2cnc3c(C)ncnc32)O1. The summed E-state index contributed by atoms with van der Waals surface area (Å²) in [7, 11) is 0. The van der Waals surface area contributed by atoms with Crippen LogP contribution in [0.15, 0.2) is 24.6 Å². The number of aromatic nitrogens is 4. The summed E-state index contributed by atoms with van der Waals surface area (Å²) in [4.78, 5) is 12.4. The second kappa shape index (κ2) is 4.13. The lowest BCUT2D eigenvalue weighted by atomic mass is 10.3. The van der Waals surface area contributed by atoms with E-state index < -0.39 is 6.23 Å². The van der Waals surface area contributed by atoms with Gasteiger partial charge in [-0.2, -0.15) is 0 Å². The van der Waals surface area contributed by atoms with E-state index in [1.807, 2.05) is 13.8 Å². The standard InChI is InChI=1S/C12H13FN4O/c1-3-8-4-9(13)12(18-8)17-6-16-10-7(2)14-5-15-11(10)17/h4-6,8,12H,3H2,1-2H3. The Hall–Kier alpha value is -1.82. The fourth-order valence-electron chi connectivity index (χ4n) is 2.08. The van der Waals surface area contributed by atoms with Gasteiger partial charge in [0.15, 0.2) is 11.9 Å². The maximum atomic E-state index is 13.9. The van der Waals surface area contributed by atoms with Crippen LogP contribution >= 0.6 is 0 Å². The zero-order valence-electron chi connectivity index (χ0n) is 10.2. The zero-order chi connectivity index (χ0) is 12.7. The van der Waals surface area contributed by atoms with E-state index in [4.69, 9.17) is 4.74 Å². The molecule has 0 bridgehead atoms. The number of hydrogen-bond donors (Lipinski definition) is 0. The molecule has 0 amide bonds. The summed E-state index contributed by atoms with van der Waals surface area (Å²) in [5.74, 6) is -0.294. The Labute approximate surface area is 103 Å². The molecule has 0 saturated carbocycles. The Morgan fingerprint density at radius 3 is 2.94 bits per heavy atom.